The summed E-state index contributed by atoms with van der Waals surface area (Å²) in [4.78, 5) is 24.7. The van der Waals surface area contributed by atoms with Gasteiger partial charge >= 0.3 is 0 Å². The summed E-state index contributed by atoms with van der Waals surface area (Å²) in [6.45, 7) is 0.148. The lowest BCUT2D eigenvalue weighted by molar-refractivity contribution is 0.102. The first-order valence-electron chi connectivity index (χ1n) is 8.71. The highest BCUT2D eigenvalue weighted by Crippen LogP contribution is 2.32. The number of ether oxygens (including phenoxy) is 1. The number of aliphatic hydroxyl groups excluding tert-OH is 1. The van der Waals surface area contributed by atoms with Crippen molar-refractivity contribution in [1.82, 2.24) is 15.0 Å². The molecule has 0 radical (unpaired) electrons. The van der Waals surface area contributed by atoms with E-state index in [1.807, 2.05) is 0 Å². The second-order valence-corrected chi connectivity index (χ2v) is 6.44. The van der Waals surface area contributed by atoms with Gasteiger partial charge in [-0.05, 0) is 37.0 Å². The summed E-state index contributed by atoms with van der Waals surface area (Å²) in [5, 5.41) is 11.7. The molecule has 0 atom stereocenters. The average Bonchev–Trinajstić information content (AvgIpc) is 3.35. The molecule has 1 saturated carbocycles. The summed E-state index contributed by atoms with van der Waals surface area (Å²) in [6, 6.07) is 8.75. The van der Waals surface area contributed by atoms with Gasteiger partial charge in [-0.2, -0.15) is 0 Å². The van der Waals surface area contributed by atoms with Gasteiger partial charge < -0.3 is 20.1 Å². The standard InChI is InChI=1S/C19H20N4O3/c24-8-9-26-14-3-1-2-13(11-14)21-19(25)15-6-7-20-18-17(15)22-16(23-18)10-12-4-5-12/h1-3,6-7,11-12,24H,4-5,8-10H2,(H,21,25)(H,20,22,23). The topological polar surface area (TPSA) is 100 Å². The number of carbonyl (C=O) groups is 1. The Morgan fingerprint density at radius 2 is 2.23 bits per heavy atom. The number of fused-ring (bicyclic) bond motifs is 1. The van der Waals surface area contributed by atoms with Crippen LogP contribution in [0.5, 0.6) is 5.75 Å². The molecule has 1 amide bonds. The number of rotatable bonds is 7. The molecule has 3 N–H and O–H groups in total. The van der Waals surface area contributed by atoms with Gasteiger partial charge in [-0.3, -0.25) is 4.79 Å². The van der Waals surface area contributed by atoms with E-state index >= 15 is 0 Å². The van der Waals surface area contributed by atoms with Crippen molar-refractivity contribution in [3.8, 4) is 5.75 Å². The molecular weight excluding hydrogens is 332 g/mol. The van der Waals surface area contributed by atoms with Crippen LogP contribution in [0.3, 0.4) is 0 Å². The van der Waals surface area contributed by atoms with E-state index in [4.69, 9.17) is 9.84 Å². The number of amides is 1. The van der Waals surface area contributed by atoms with Crippen molar-refractivity contribution < 1.29 is 14.6 Å². The molecule has 0 spiro atoms. The van der Waals surface area contributed by atoms with Crippen LogP contribution >= 0.6 is 0 Å². The number of carbonyl (C=O) groups excluding carboxylic acids is 1. The number of pyridine rings is 1. The molecule has 4 rings (SSSR count). The summed E-state index contributed by atoms with van der Waals surface area (Å²) in [5.74, 6) is 1.94. The molecule has 7 nitrogen and oxygen atoms in total. The number of nitrogens with zero attached hydrogens (tertiary/aromatic N) is 2. The molecule has 1 aliphatic carbocycles. The smallest absolute Gasteiger partial charge is 0.257 e. The number of benzene rings is 1. The highest BCUT2D eigenvalue weighted by molar-refractivity contribution is 6.11. The average molecular weight is 352 g/mol. The largest absolute Gasteiger partial charge is 0.491 e. The molecule has 0 saturated heterocycles. The van der Waals surface area contributed by atoms with E-state index < -0.39 is 0 Å². The van der Waals surface area contributed by atoms with Crippen molar-refractivity contribution in [3.63, 3.8) is 0 Å². The number of imidazole rings is 1. The summed E-state index contributed by atoms with van der Waals surface area (Å²) in [5.41, 5.74) is 2.35. The lowest BCUT2D eigenvalue weighted by Gasteiger charge is -2.08. The Bertz CT molecular complexity index is 933. The van der Waals surface area contributed by atoms with Crippen LogP contribution in [-0.4, -0.2) is 39.2 Å². The summed E-state index contributed by atoms with van der Waals surface area (Å²) < 4.78 is 5.37. The fraction of sp³-hybridized carbons (Fsp3) is 0.316. The number of H-pyrrole nitrogens is 1. The highest BCUT2D eigenvalue weighted by Gasteiger charge is 2.24. The number of aromatic nitrogens is 3. The Balaban J connectivity index is 1.55. The number of nitrogens with one attached hydrogen (secondary N) is 2. The van der Waals surface area contributed by atoms with Gasteiger partial charge in [-0.25, -0.2) is 9.97 Å². The van der Waals surface area contributed by atoms with Crippen molar-refractivity contribution in [1.29, 1.82) is 0 Å². The molecule has 26 heavy (non-hydrogen) atoms. The first-order valence-corrected chi connectivity index (χ1v) is 8.71. The van der Waals surface area contributed by atoms with Crippen LogP contribution in [0.2, 0.25) is 0 Å². The fourth-order valence-corrected chi connectivity index (χ4v) is 2.87. The molecule has 134 valence electrons. The number of aliphatic hydroxyl groups is 1. The zero-order valence-corrected chi connectivity index (χ0v) is 14.2. The molecule has 1 aliphatic rings. The molecule has 3 aromatic rings. The second kappa shape index (κ2) is 7.13. The first kappa shape index (κ1) is 16.5. The van der Waals surface area contributed by atoms with Crippen molar-refractivity contribution in [2.45, 2.75) is 19.3 Å². The van der Waals surface area contributed by atoms with E-state index in [0.717, 1.165) is 12.2 Å². The minimum absolute atomic E-state index is 0.0609. The molecule has 0 bridgehead atoms. The van der Waals surface area contributed by atoms with E-state index in [1.165, 1.54) is 12.8 Å². The van der Waals surface area contributed by atoms with E-state index in [-0.39, 0.29) is 19.1 Å². The van der Waals surface area contributed by atoms with Crippen LogP contribution in [0.15, 0.2) is 36.5 Å². The normalized spacial score (nSPS) is 13.7. The van der Waals surface area contributed by atoms with Crippen molar-refractivity contribution in [2.24, 2.45) is 5.92 Å². The molecule has 2 heterocycles. The Labute approximate surface area is 150 Å². The lowest BCUT2D eigenvalue weighted by atomic mass is 10.2. The second-order valence-electron chi connectivity index (χ2n) is 6.44. The number of anilines is 1. The van der Waals surface area contributed by atoms with Gasteiger partial charge in [0.05, 0.1) is 17.7 Å². The predicted octanol–water partition coefficient (Wildman–Crippen LogP) is 2.53. The lowest BCUT2D eigenvalue weighted by Crippen LogP contribution is -2.13. The summed E-state index contributed by atoms with van der Waals surface area (Å²) >= 11 is 0. The van der Waals surface area contributed by atoms with E-state index in [2.05, 4.69) is 20.3 Å². The Kier molecular flexibility index (Phi) is 4.53. The number of hydrogen-bond donors (Lipinski definition) is 3. The maximum atomic E-state index is 12.7. The van der Waals surface area contributed by atoms with Crippen LogP contribution < -0.4 is 10.1 Å². The number of hydrogen-bond acceptors (Lipinski definition) is 5. The Morgan fingerprint density at radius 3 is 3.04 bits per heavy atom. The molecule has 7 heteroatoms. The van der Waals surface area contributed by atoms with Crippen LogP contribution in [0.4, 0.5) is 5.69 Å². The third-order valence-electron chi connectivity index (χ3n) is 4.32. The van der Waals surface area contributed by atoms with Gasteiger partial charge in [0.25, 0.3) is 5.91 Å². The van der Waals surface area contributed by atoms with Crippen molar-refractivity contribution >= 4 is 22.8 Å². The third-order valence-corrected chi connectivity index (χ3v) is 4.32. The minimum atomic E-state index is -0.238. The molecular formula is C19H20N4O3. The van der Waals surface area contributed by atoms with Gasteiger partial charge in [0.1, 0.15) is 18.2 Å². The predicted molar refractivity (Wildman–Crippen MR) is 97.3 cm³/mol. The van der Waals surface area contributed by atoms with E-state index in [9.17, 15) is 4.79 Å². The molecule has 0 aliphatic heterocycles. The zero-order valence-electron chi connectivity index (χ0n) is 14.2. The zero-order chi connectivity index (χ0) is 17.9. The Morgan fingerprint density at radius 1 is 1.35 bits per heavy atom. The van der Waals surface area contributed by atoms with Crippen molar-refractivity contribution in [3.05, 3.63) is 47.9 Å². The summed E-state index contributed by atoms with van der Waals surface area (Å²) in [7, 11) is 0. The SMILES string of the molecule is O=C(Nc1cccc(OCCO)c1)c1ccnc2nc(CC3CC3)[nH]c12. The van der Waals surface area contributed by atoms with Crippen LogP contribution in [0, 0.1) is 5.92 Å². The van der Waals surface area contributed by atoms with Gasteiger partial charge in [-0.15, -0.1) is 0 Å². The third kappa shape index (κ3) is 3.67. The van der Waals surface area contributed by atoms with Crippen LogP contribution in [-0.2, 0) is 6.42 Å². The van der Waals surface area contributed by atoms with Crippen LogP contribution in [0.25, 0.3) is 11.2 Å². The highest BCUT2D eigenvalue weighted by atomic mass is 16.5. The summed E-state index contributed by atoms with van der Waals surface area (Å²) in [6.07, 6.45) is 4.99. The Hall–Kier alpha value is -2.93. The van der Waals surface area contributed by atoms with E-state index in [0.29, 0.717) is 34.1 Å². The molecule has 1 fully saturated rings. The van der Waals surface area contributed by atoms with Crippen molar-refractivity contribution in [2.75, 3.05) is 18.5 Å². The van der Waals surface area contributed by atoms with Gasteiger partial charge in [0.2, 0.25) is 0 Å². The van der Waals surface area contributed by atoms with Gasteiger partial charge in [0, 0.05) is 24.4 Å². The first-order chi connectivity index (χ1) is 12.7. The monoisotopic (exact) mass is 352 g/mol. The number of aromatic amines is 1. The molecule has 0 unspecified atom stereocenters. The fourth-order valence-electron chi connectivity index (χ4n) is 2.87. The maximum absolute atomic E-state index is 12.7. The minimum Gasteiger partial charge on any atom is -0.491 e. The van der Waals surface area contributed by atoms with E-state index in [1.54, 1.807) is 36.5 Å². The molecule has 1 aromatic carbocycles. The van der Waals surface area contributed by atoms with Crippen LogP contribution in [0.1, 0.15) is 29.0 Å². The maximum Gasteiger partial charge on any atom is 0.257 e. The van der Waals surface area contributed by atoms with Gasteiger partial charge in [0.15, 0.2) is 5.65 Å². The van der Waals surface area contributed by atoms with Gasteiger partial charge in [-0.1, -0.05) is 6.07 Å². The quantitative estimate of drug-likeness (QED) is 0.607. The molecule has 2 aromatic heterocycles.